The van der Waals surface area contributed by atoms with Crippen molar-refractivity contribution in [3.8, 4) is 17.2 Å². The molecule has 0 aliphatic carbocycles. The molecular formula is C20H19NO5. The zero-order chi connectivity index (χ0) is 18.8. The molecule has 0 spiro atoms. The summed E-state index contributed by atoms with van der Waals surface area (Å²) in [6.45, 7) is 1.41. The minimum absolute atomic E-state index is 0.118. The van der Waals surface area contributed by atoms with Crippen LogP contribution < -0.4 is 0 Å². The number of aromatic hydroxyl groups is 3. The van der Waals surface area contributed by atoms with Gasteiger partial charge in [-0.2, -0.15) is 0 Å². The van der Waals surface area contributed by atoms with Crippen LogP contribution in [0.25, 0.3) is 10.9 Å². The van der Waals surface area contributed by atoms with Crippen LogP contribution in [0.15, 0.2) is 42.6 Å². The van der Waals surface area contributed by atoms with Gasteiger partial charge in [-0.05, 0) is 49.2 Å². The van der Waals surface area contributed by atoms with Gasteiger partial charge in [0, 0.05) is 29.4 Å². The van der Waals surface area contributed by atoms with Crippen LogP contribution >= 0.6 is 0 Å². The van der Waals surface area contributed by atoms with Gasteiger partial charge >= 0.3 is 0 Å². The highest BCUT2D eigenvalue weighted by molar-refractivity contribution is 6.03. The van der Waals surface area contributed by atoms with Crippen LogP contribution in [0.3, 0.4) is 0 Å². The van der Waals surface area contributed by atoms with Crippen molar-refractivity contribution in [3.05, 3.63) is 53.7 Å². The molecule has 2 aromatic carbocycles. The first-order valence-corrected chi connectivity index (χ1v) is 8.20. The van der Waals surface area contributed by atoms with E-state index in [-0.39, 0.29) is 35.0 Å². The van der Waals surface area contributed by atoms with Gasteiger partial charge in [0.2, 0.25) is 0 Å². The number of rotatable bonds is 6. The van der Waals surface area contributed by atoms with Gasteiger partial charge in [-0.25, -0.2) is 0 Å². The number of phenolic OH excluding ortho intramolecular Hbond substituents is 3. The molecule has 6 heteroatoms. The first-order valence-electron chi connectivity index (χ1n) is 8.20. The van der Waals surface area contributed by atoms with Gasteiger partial charge in [-0.1, -0.05) is 6.07 Å². The van der Waals surface area contributed by atoms with Gasteiger partial charge < -0.3 is 20.3 Å². The fourth-order valence-corrected chi connectivity index (χ4v) is 3.10. The first kappa shape index (κ1) is 17.5. The molecule has 0 saturated heterocycles. The Kier molecular flexibility index (Phi) is 4.67. The maximum absolute atomic E-state index is 12.5. The Bertz CT molecular complexity index is 969. The van der Waals surface area contributed by atoms with Gasteiger partial charge in [0.05, 0.1) is 0 Å². The van der Waals surface area contributed by atoms with Crippen molar-refractivity contribution in [1.29, 1.82) is 0 Å². The Labute approximate surface area is 149 Å². The Morgan fingerprint density at radius 3 is 2.42 bits per heavy atom. The Morgan fingerprint density at radius 2 is 1.77 bits per heavy atom. The van der Waals surface area contributed by atoms with Gasteiger partial charge in [0.25, 0.3) is 0 Å². The van der Waals surface area contributed by atoms with Crippen molar-refractivity contribution < 1.29 is 24.9 Å². The van der Waals surface area contributed by atoms with Crippen molar-refractivity contribution in [2.45, 2.75) is 19.8 Å². The predicted octanol–water partition coefficient (Wildman–Crippen LogP) is 3.31. The summed E-state index contributed by atoms with van der Waals surface area (Å²) in [7, 11) is 0. The second-order valence-corrected chi connectivity index (χ2v) is 6.35. The van der Waals surface area contributed by atoms with Crippen molar-refractivity contribution >= 4 is 22.5 Å². The highest BCUT2D eigenvalue weighted by Crippen LogP contribution is 2.31. The van der Waals surface area contributed by atoms with Crippen LogP contribution in [0.4, 0.5) is 0 Å². The van der Waals surface area contributed by atoms with E-state index >= 15 is 0 Å². The zero-order valence-electron chi connectivity index (χ0n) is 14.2. The number of H-pyrrole nitrogens is 1. The lowest BCUT2D eigenvalue weighted by Crippen LogP contribution is -2.18. The van der Waals surface area contributed by atoms with Crippen molar-refractivity contribution in [2.24, 2.45) is 5.92 Å². The number of carbonyl (C=O) groups excluding carboxylic acids is 2. The summed E-state index contributed by atoms with van der Waals surface area (Å²) in [5.74, 6) is -1.77. The Morgan fingerprint density at radius 1 is 1.08 bits per heavy atom. The topological polar surface area (TPSA) is 111 Å². The molecule has 1 aromatic heterocycles. The molecule has 0 radical (unpaired) electrons. The summed E-state index contributed by atoms with van der Waals surface area (Å²) in [6.07, 6.45) is 1.92. The molecule has 0 saturated carbocycles. The fourth-order valence-electron chi connectivity index (χ4n) is 3.10. The molecular weight excluding hydrogens is 334 g/mol. The van der Waals surface area contributed by atoms with Gasteiger partial charge in [0.15, 0.2) is 5.78 Å². The highest BCUT2D eigenvalue weighted by Gasteiger charge is 2.24. The molecule has 6 nitrogen and oxygen atoms in total. The molecule has 0 aliphatic heterocycles. The number of nitrogens with one attached hydrogen (secondary N) is 1. The molecule has 1 atom stereocenters. The molecule has 0 unspecified atom stereocenters. The molecule has 3 rings (SSSR count). The molecule has 0 amide bonds. The average molecular weight is 353 g/mol. The fraction of sp³-hybridized carbons (Fsp3) is 0.200. The molecule has 0 aliphatic rings. The summed E-state index contributed by atoms with van der Waals surface area (Å²) in [4.78, 5) is 27.7. The minimum Gasteiger partial charge on any atom is -0.508 e. The van der Waals surface area contributed by atoms with Gasteiger partial charge in [-0.15, -0.1) is 0 Å². The summed E-state index contributed by atoms with van der Waals surface area (Å²) in [5.41, 5.74) is 1.46. The van der Waals surface area contributed by atoms with E-state index in [1.165, 1.54) is 25.1 Å². The number of aromatic amines is 1. The third kappa shape index (κ3) is 3.39. The third-order valence-corrected chi connectivity index (χ3v) is 4.52. The normalized spacial score (nSPS) is 12.2. The largest absolute Gasteiger partial charge is 0.508 e. The van der Waals surface area contributed by atoms with E-state index in [0.717, 1.165) is 16.5 Å². The number of ketones is 2. The summed E-state index contributed by atoms with van der Waals surface area (Å²) in [5, 5.41) is 30.2. The van der Waals surface area contributed by atoms with E-state index in [9.17, 15) is 24.9 Å². The average Bonchev–Trinajstić information content (AvgIpc) is 2.96. The number of carbonyl (C=O) groups is 2. The van der Waals surface area contributed by atoms with Crippen LogP contribution in [0, 0.1) is 5.92 Å². The number of fused-ring (bicyclic) bond motifs is 1. The lowest BCUT2D eigenvalue weighted by atomic mass is 9.89. The second kappa shape index (κ2) is 6.92. The second-order valence-electron chi connectivity index (χ2n) is 6.35. The lowest BCUT2D eigenvalue weighted by molar-refractivity contribution is -0.120. The number of phenols is 3. The molecule has 0 bridgehead atoms. The number of hydrogen-bond donors (Lipinski definition) is 4. The number of aromatic nitrogens is 1. The zero-order valence-corrected chi connectivity index (χ0v) is 14.2. The quantitative estimate of drug-likeness (QED) is 0.508. The van der Waals surface area contributed by atoms with Crippen LogP contribution in [-0.4, -0.2) is 31.9 Å². The molecule has 1 heterocycles. The van der Waals surface area contributed by atoms with E-state index in [0.29, 0.717) is 6.42 Å². The molecule has 134 valence electrons. The monoisotopic (exact) mass is 353 g/mol. The van der Waals surface area contributed by atoms with E-state index < -0.39 is 11.7 Å². The summed E-state index contributed by atoms with van der Waals surface area (Å²) >= 11 is 0. The smallest absolute Gasteiger partial charge is 0.171 e. The maximum Gasteiger partial charge on any atom is 0.171 e. The first-order chi connectivity index (χ1) is 12.4. The van der Waals surface area contributed by atoms with E-state index in [1.807, 2.05) is 0 Å². The van der Waals surface area contributed by atoms with Gasteiger partial charge in [-0.3, -0.25) is 9.59 Å². The third-order valence-electron chi connectivity index (χ3n) is 4.52. The molecule has 3 aromatic rings. The number of Topliss-reactive ketones (excluding diaryl/α,β-unsaturated/α-hetero) is 2. The minimum atomic E-state index is -0.608. The lowest BCUT2D eigenvalue weighted by Gasteiger charge is -2.14. The Balaban J connectivity index is 1.87. The number of hydrogen-bond acceptors (Lipinski definition) is 5. The van der Waals surface area contributed by atoms with Crippen LogP contribution in [0.2, 0.25) is 0 Å². The SMILES string of the molecule is CC(=O)[C@@H](CC(=O)c1c(O)cccc1O)Cc1c[nH]c2ccc(O)cc12. The maximum atomic E-state index is 12.5. The summed E-state index contributed by atoms with van der Waals surface area (Å²) < 4.78 is 0. The molecule has 0 fully saturated rings. The van der Waals surface area contributed by atoms with E-state index in [4.69, 9.17) is 0 Å². The van der Waals surface area contributed by atoms with Crippen LogP contribution in [-0.2, 0) is 11.2 Å². The van der Waals surface area contributed by atoms with Crippen LogP contribution in [0.5, 0.6) is 17.2 Å². The molecule has 26 heavy (non-hydrogen) atoms. The summed E-state index contributed by atoms with van der Waals surface area (Å²) in [6, 6.07) is 8.98. The highest BCUT2D eigenvalue weighted by atomic mass is 16.3. The van der Waals surface area contributed by atoms with Gasteiger partial charge in [0.1, 0.15) is 28.6 Å². The number of benzene rings is 2. The predicted molar refractivity (Wildman–Crippen MR) is 96.6 cm³/mol. The Hall–Kier alpha value is -3.28. The molecule has 4 N–H and O–H groups in total. The van der Waals surface area contributed by atoms with E-state index in [2.05, 4.69) is 4.98 Å². The standard InChI is InChI=1S/C20H19NO5/c1-11(22)12(8-19(26)20-17(24)3-2-4-18(20)25)7-13-10-21-16-6-5-14(23)9-15(13)16/h2-6,9-10,12,21,23-25H,7-8H2,1H3/t12-/m1/s1. The van der Waals surface area contributed by atoms with Crippen molar-refractivity contribution in [2.75, 3.05) is 0 Å². The van der Waals surface area contributed by atoms with Crippen molar-refractivity contribution in [3.63, 3.8) is 0 Å². The van der Waals surface area contributed by atoms with E-state index in [1.54, 1.807) is 24.4 Å². The van der Waals surface area contributed by atoms with Crippen LogP contribution in [0.1, 0.15) is 29.3 Å². The van der Waals surface area contributed by atoms with Crippen molar-refractivity contribution in [1.82, 2.24) is 4.98 Å².